The van der Waals surface area contributed by atoms with Gasteiger partial charge in [0.25, 0.3) is 23.6 Å². The molecule has 5 aliphatic rings. The Labute approximate surface area is 262 Å². The third-order valence-corrected chi connectivity index (χ3v) is 9.81. The van der Waals surface area contributed by atoms with Crippen LogP contribution in [0.3, 0.4) is 0 Å². The molecule has 8 nitrogen and oxygen atoms in total. The first-order chi connectivity index (χ1) is 21.8. The van der Waals surface area contributed by atoms with E-state index in [4.69, 9.17) is 0 Å². The van der Waals surface area contributed by atoms with E-state index >= 15 is 0 Å². The first-order valence-electron chi connectivity index (χ1n) is 13.5. The maximum atomic E-state index is 15.0. The van der Waals surface area contributed by atoms with Gasteiger partial charge in [-0.05, 0) is 24.3 Å². The normalized spacial score (nSPS) is 26.3. The third-order valence-electron chi connectivity index (χ3n) is 7.64. The highest BCUT2D eigenvalue weighted by Crippen LogP contribution is 2.38. The number of amides is 4. The molecule has 1 saturated carbocycles. The number of rotatable bonds is 0. The average Bonchev–Trinajstić information content (AvgIpc) is 3.73. The average molecular weight is 695 g/mol. The van der Waals surface area contributed by atoms with Crippen molar-refractivity contribution >= 4 is 46.3 Å². The summed E-state index contributed by atoms with van der Waals surface area (Å²) in [5, 5.41) is 8.45. The summed E-state index contributed by atoms with van der Waals surface area (Å²) in [5.74, 6) is -15.1. The molecule has 46 heavy (non-hydrogen) atoms. The van der Waals surface area contributed by atoms with E-state index in [1.54, 1.807) is 0 Å². The molecule has 4 aliphatic heterocycles. The van der Waals surface area contributed by atoms with Crippen LogP contribution in [0.25, 0.3) is 0 Å². The number of halogens is 8. The van der Waals surface area contributed by atoms with Crippen LogP contribution in [0, 0.1) is 35.1 Å². The zero-order valence-electron chi connectivity index (χ0n) is 23.1. The van der Waals surface area contributed by atoms with Gasteiger partial charge in [-0.25, -0.2) is 35.1 Å². The van der Waals surface area contributed by atoms with E-state index in [-0.39, 0.29) is 19.5 Å². The molecule has 6 heterocycles. The Morgan fingerprint density at radius 1 is 0.478 bits per heavy atom. The van der Waals surface area contributed by atoms with Gasteiger partial charge in [-0.2, -0.15) is 0 Å². The van der Waals surface area contributed by atoms with Crippen molar-refractivity contribution in [2.24, 2.45) is 11.8 Å². The highest BCUT2D eigenvalue weighted by Gasteiger charge is 2.52. The first-order valence-corrected chi connectivity index (χ1v) is 15.2. The van der Waals surface area contributed by atoms with Gasteiger partial charge in [-0.3, -0.25) is 19.2 Å². The van der Waals surface area contributed by atoms with Crippen LogP contribution in [0.5, 0.6) is 0 Å². The summed E-state index contributed by atoms with van der Waals surface area (Å²) in [7, 11) is 0. The molecular formula is C28H22F8N4O4S2. The lowest BCUT2D eigenvalue weighted by molar-refractivity contribution is -0.0752. The Morgan fingerprint density at radius 3 is 1.02 bits per heavy atom. The standard InChI is InChI=1S/C28H22F8N4O4S2/c29-17-9-5-37-25(41)13-1-2-14(45-13)26(42)38-6-10-19(31)23(35)12(24(36)20(10)32)8-40-28(44)16-4-3-15(46-16)27(43)39-7-11(21(17)33)22(34)18(9)30/h1-4,9,11,17-18,21-22H,5-8H2,(H,37,41)(H,38,42)(H,39,43)(H,40,44)/t9?,11?,17-,18+,21+,22?/m1/s1. The van der Waals surface area contributed by atoms with Crippen LogP contribution in [0.4, 0.5) is 35.1 Å². The Kier molecular flexibility index (Phi) is 9.67. The Morgan fingerprint density at radius 2 is 0.739 bits per heavy atom. The molecule has 1 aliphatic carbocycles. The molecule has 8 bridgehead atoms. The predicted octanol–water partition coefficient (Wildman–Crippen LogP) is 4.30. The van der Waals surface area contributed by atoms with Gasteiger partial charge < -0.3 is 21.3 Å². The lowest BCUT2D eigenvalue weighted by atomic mass is 9.76. The number of carbonyl (C=O) groups excluding carboxylic acids is 4. The second-order valence-corrected chi connectivity index (χ2v) is 12.6. The molecule has 0 radical (unpaired) electrons. The highest BCUT2D eigenvalue weighted by molar-refractivity contribution is 7.16. The van der Waals surface area contributed by atoms with Crippen LogP contribution in [-0.2, 0) is 13.1 Å². The SMILES string of the molecule is O=C1NCc2c(F)c(F)c(c(F)c2F)CNC(=O)c2ccc(s2)C(=O)NCC2C(F)[C@@H](F)C(CNC(=O)c3ccc1s3)[C@@H](F)[C@H]2F. The molecule has 1 aromatic carbocycles. The predicted molar refractivity (Wildman–Crippen MR) is 148 cm³/mol. The van der Waals surface area contributed by atoms with Gasteiger partial charge in [0.15, 0.2) is 23.3 Å². The number of alkyl halides is 4. The van der Waals surface area contributed by atoms with Crippen molar-refractivity contribution in [3.05, 3.63) is 78.2 Å². The fourth-order valence-corrected chi connectivity index (χ4v) is 6.73. The quantitative estimate of drug-likeness (QED) is 0.208. The van der Waals surface area contributed by atoms with Gasteiger partial charge in [-0.1, -0.05) is 0 Å². The van der Waals surface area contributed by atoms with Crippen molar-refractivity contribution in [2.45, 2.75) is 37.8 Å². The fourth-order valence-electron chi connectivity index (χ4n) is 5.05. The van der Waals surface area contributed by atoms with E-state index in [9.17, 15) is 54.3 Å². The van der Waals surface area contributed by atoms with Crippen LogP contribution >= 0.6 is 22.7 Å². The summed E-state index contributed by atoms with van der Waals surface area (Å²) in [6, 6.07) is 4.47. The molecule has 6 atom stereocenters. The van der Waals surface area contributed by atoms with Gasteiger partial charge in [0.05, 0.1) is 19.5 Å². The van der Waals surface area contributed by atoms with Crippen molar-refractivity contribution in [1.82, 2.24) is 21.3 Å². The van der Waals surface area contributed by atoms with Crippen LogP contribution in [0.15, 0.2) is 24.3 Å². The van der Waals surface area contributed by atoms with Gasteiger partial charge in [0.1, 0.15) is 24.7 Å². The first kappa shape index (κ1) is 33.3. The van der Waals surface area contributed by atoms with E-state index in [1.165, 1.54) is 0 Å². The van der Waals surface area contributed by atoms with Crippen molar-refractivity contribution in [1.29, 1.82) is 0 Å². The molecule has 1 fully saturated rings. The van der Waals surface area contributed by atoms with Crippen molar-refractivity contribution in [3.8, 4) is 0 Å². The molecule has 4 amide bonds. The number of benzene rings is 1. The molecule has 4 N–H and O–H groups in total. The number of carbonyl (C=O) groups is 4. The van der Waals surface area contributed by atoms with Crippen molar-refractivity contribution in [2.75, 3.05) is 13.1 Å². The summed E-state index contributed by atoms with van der Waals surface area (Å²) in [5.41, 5.74) is -2.34. The summed E-state index contributed by atoms with van der Waals surface area (Å²) >= 11 is 1.07. The minimum atomic E-state index is -2.56. The lowest BCUT2D eigenvalue weighted by Crippen LogP contribution is -2.57. The van der Waals surface area contributed by atoms with E-state index in [0.717, 1.165) is 24.3 Å². The van der Waals surface area contributed by atoms with Gasteiger partial charge in [0.2, 0.25) is 0 Å². The van der Waals surface area contributed by atoms with E-state index in [1.807, 2.05) is 0 Å². The molecule has 0 spiro atoms. The summed E-state index contributed by atoms with van der Waals surface area (Å²) in [4.78, 5) is 49.5. The minimum absolute atomic E-state index is 0.181. The van der Waals surface area contributed by atoms with Crippen molar-refractivity contribution < 1.29 is 54.3 Å². The highest BCUT2D eigenvalue weighted by atomic mass is 32.1. The van der Waals surface area contributed by atoms with Gasteiger partial charge in [0, 0.05) is 49.1 Å². The second-order valence-electron chi connectivity index (χ2n) is 10.4. The smallest absolute Gasteiger partial charge is 0.261 e. The molecule has 3 unspecified atom stereocenters. The zero-order chi connectivity index (χ0) is 33.4. The molecule has 3 aromatic rings. The van der Waals surface area contributed by atoms with Crippen LogP contribution in [0.2, 0.25) is 0 Å². The lowest BCUT2D eigenvalue weighted by Gasteiger charge is -2.39. The Balaban J connectivity index is 1.44. The van der Waals surface area contributed by atoms with Crippen LogP contribution in [0.1, 0.15) is 49.8 Å². The van der Waals surface area contributed by atoms with E-state index in [0.29, 0.717) is 22.7 Å². The van der Waals surface area contributed by atoms with Crippen molar-refractivity contribution in [3.63, 3.8) is 0 Å². The number of thiophene rings is 2. The second kappa shape index (κ2) is 13.4. The number of nitrogens with one attached hydrogen (secondary N) is 4. The molecule has 18 heteroatoms. The number of hydrogen-bond acceptors (Lipinski definition) is 6. The van der Waals surface area contributed by atoms with Crippen LogP contribution < -0.4 is 21.3 Å². The Bertz CT molecular complexity index is 1530. The largest absolute Gasteiger partial charge is 0.351 e. The molecule has 246 valence electrons. The molecule has 2 aromatic heterocycles. The fraction of sp³-hybridized carbons (Fsp3) is 0.357. The Hall–Kier alpha value is -4.06. The maximum absolute atomic E-state index is 15.0. The third kappa shape index (κ3) is 6.31. The monoisotopic (exact) mass is 694 g/mol. The number of hydrogen-bond donors (Lipinski definition) is 4. The maximum Gasteiger partial charge on any atom is 0.261 e. The van der Waals surface area contributed by atoms with Gasteiger partial charge >= 0.3 is 0 Å². The van der Waals surface area contributed by atoms with E-state index in [2.05, 4.69) is 21.3 Å². The summed E-state index contributed by atoms with van der Waals surface area (Å²) < 4.78 is 119. The van der Waals surface area contributed by atoms with Gasteiger partial charge in [-0.15, -0.1) is 22.7 Å². The summed E-state index contributed by atoms with van der Waals surface area (Å²) in [6.07, 6.45) is -10.2. The molecular weight excluding hydrogens is 672 g/mol. The molecule has 0 saturated heterocycles. The topological polar surface area (TPSA) is 116 Å². The van der Waals surface area contributed by atoms with E-state index < -0.39 is 121 Å². The molecule has 8 rings (SSSR count). The summed E-state index contributed by atoms with van der Waals surface area (Å²) in [6.45, 7) is -3.70. The minimum Gasteiger partial charge on any atom is -0.351 e. The van der Waals surface area contributed by atoms with Crippen LogP contribution in [-0.4, -0.2) is 61.4 Å². The zero-order valence-corrected chi connectivity index (χ0v) is 24.7.